The molecule has 1 aromatic carbocycles. The van der Waals surface area contributed by atoms with Gasteiger partial charge < -0.3 is 14.2 Å². The van der Waals surface area contributed by atoms with Crippen molar-refractivity contribution < 1.29 is 17.9 Å². The predicted octanol–water partition coefficient (Wildman–Crippen LogP) is 1.20. The van der Waals surface area contributed by atoms with Crippen LogP contribution in [0.5, 0.6) is 0 Å². The van der Waals surface area contributed by atoms with Crippen molar-refractivity contribution in [1.29, 1.82) is 0 Å². The molecule has 3 fully saturated rings. The summed E-state index contributed by atoms with van der Waals surface area (Å²) in [6.07, 6.45) is 0.258. The number of aryl methyl sites for hydroxylation is 1. The first-order valence-corrected chi connectivity index (χ1v) is 10.9. The Bertz CT molecular complexity index is 1050. The molecule has 5 rings (SSSR count). The molecule has 4 heterocycles. The van der Waals surface area contributed by atoms with Crippen LogP contribution in [0.15, 0.2) is 30.3 Å². The molecule has 3 aliphatic rings. The Balaban J connectivity index is 1.49. The molecule has 3 atom stereocenters. The van der Waals surface area contributed by atoms with Gasteiger partial charge >= 0.3 is 0 Å². The third-order valence-corrected chi connectivity index (χ3v) is 8.77. The van der Waals surface area contributed by atoms with Crippen molar-refractivity contribution in [3.05, 3.63) is 36.0 Å². The highest BCUT2D eigenvalue weighted by Gasteiger charge is 2.65. The summed E-state index contributed by atoms with van der Waals surface area (Å²) >= 11 is 0. The number of carbonyl (C=O) groups is 1. The summed E-state index contributed by atoms with van der Waals surface area (Å²) in [4.78, 5) is 15.1. The molecule has 144 valence electrons. The van der Waals surface area contributed by atoms with E-state index < -0.39 is 20.9 Å². The second kappa shape index (κ2) is 5.56. The summed E-state index contributed by atoms with van der Waals surface area (Å²) in [6, 6.07) is 9.81. The predicted molar refractivity (Wildman–Crippen MR) is 101 cm³/mol. The van der Waals surface area contributed by atoms with Gasteiger partial charge in [-0.25, -0.2) is 8.42 Å². The van der Waals surface area contributed by atoms with Gasteiger partial charge in [-0.3, -0.25) is 4.79 Å². The van der Waals surface area contributed by atoms with E-state index in [1.807, 2.05) is 48.9 Å². The first-order chi connectivity index (χ1) is 12.9. The fourth-order valence-corrected chi connectivity index (χ4v) is 7.37. The molecular formula is C19H23N3O4S. The molecule has 7 nitrogen and oxygen atoms in total. The van der Waals surface area contributed by atoms with E-state index in [0.29, 0.717) is 38.3 Å². The highest BCUT2D eigenvalue weighted by atomic mass is 32.2. The zero-order chi connectivity index (χ0) is 19.0. The van der Waals surface area contributed by atoms with Crippen molar-refractivity contribution in [2.24, 2.45) is 7.05 Å². The Morgan fingerprint density at radius 1 is 1.30 bits per heavy atom. The molecule has 1 amide bonds. The molecular weight excluding hydrogens is 366 g/mol. The van der Waals surface area contributed by atoms with Gasteiger partial charge in [0.2, 0.25) is 10.0 Å². The number of likely N-dealkylation sites (tertiary alicyclic amines) is 1. The van der Waals surface area contributed by atoms with Crippen LogP contribution in [0, 0.1) is 0 Å². The summed E-state index contributed by atoms with van der Waals surface area (Å²) < 4.78 is 35.2. The lowest BCUT2D eigenvalue weighted by Gasteiger charge is -2.39. The van der Waals surface area contributed by atoms with Crippen LogP contribution in [0.4, 0.5) is 0 Å². The van der Waals surface area contributed by atoms with Gasteiger partial charge in [-0.1, -0.05) is 25.1 Å². The van der Waals surface area contributed by atoms with E-state index in [2.05, 4.69) is 0 Å². The number of carbonyl (C=O) groups excluding carboxylic acids is 1. The summed E-state index contributed by atoms with van der Waals surface area (Å²) in [5.74, 6) is -0.0608. The molecule has 3 aliphatic heterocycles. The number of sulfonamides is 1. The first-order valence-electron chi connectivity index (χ1n) is 9.36. The maximum absolute atomic E-state index is 13.3. The van der Waals surface area contributed by atoms with Gasteiger partial charge in [0.25, 0.3) is 5.91 Å². The van der Waals surface area contributed by atoms with Crippen LogP contribution >= 0.6 is 0 Å². The zero-order valence-electron chi connectivity index (χ0n) is 15.5. The van der Waals surface area contributed by atoms with Gasteiger partial charge in [0, 0.05) is 37.6 Å². The van der Waals surface area contributed by atoms with E-state index >= 15 is 0 Å². The lowest BCUT2D eigenvalue weighted by molar-refractivity contribution is -0.0976. The number of hydrogen-bond donors (Lipinski definition) is 0. The Morgan fingerprint density at radius 2 is 2.07 bits per heavy atom. The number of fused-ring (bicyclic) bond motifs is 2. The summed E-state index contributed by atoms with van der Waals surface area (Å²) in [5, 5.41) is 0.483. The Morgan fingerprint density at radius 3 is 2.81 bits per heavy atom. The maximum atomic E-state index is 13.3. The second-order valence-corrected chi connectivity index (χ2v) is 9.95. The molecule has 2 bridgehead atoms. The van der Waals surface area contributed by atoms with Crippen LogP contribution in [-0.4, -0.2) is 71.2 Å². The number of ether oxygens (including phenoxy) is 1. The molecule has 0 unspecified atom stereocenters. The minimum Gasteiger partial charge on any atom is -0.365 e. The van der Waals surface area contributed by atoms with Crippen molar-refractivity contribution in [3.8, 4) is 0 Å². The number of hydrogen-bond acceptors (Lipinski definition) is 4. The zero-order valence-corrected chi connectivity index (χ0v) is 16.3. The van der Waals surface area contributed by atoms with E-state index in [1.165, 1.54) is 4.31 Å². The summed E-state index contributed by atoms with van der Waals surface area (Å²) in [7, 11) is -1.46. The standard InChI is InChI=1S/C19H23N3O4S/c1-3-22-12-19-11-21(10-14(26-19)9-17(19)27(22,24)25)18(23)16-8-13-6-4-5-7-15(13)20(16)2/h4-8,14,17H,3,9-12H2,1-2H3/t14-,17+,19+/m1/s1. The van der Waals surface area contributed by atoms with Crippen molar-refractivity contribution >= 4 is 26.8 Å². The van der Waals surface area contributed by atoms with Crippen molar-refractivity contribution in [3.63, 3.8) is 0 Å². The van der Waals surface area contributed by atoms with Crippen LogP contribution in [-0.2, 0) is 21.8 Å². The quantitative estimate of drug-likeness (QED) is 0.774. The SMILES string of the molecule is CCN1C[C@@]23CN(C(=O)c4cc5ccccc5n4C)C[C@@H](C[C@@H]2S1(=O)=O)O3. The summed E-state index contributed by atoms with van der Waals surface area (Å²) in [5.41, 5.74) is 0.838. The highest BCUT2D eigenvalue weighted by molar-refractivity contribution is 7.90. The molecule has 2 aromatic rings. The minimum absolute atomic E-state index is 0.0608. The number of para-hydroxylation sites is 1. The van der Waals surface area contributed by atoms with E-state index in [4.69, 9.17) is 4.74 Å². The van der Waals surface area contributed by atoms with Crippen molar-refractivity contribution in [1.82, 2.24) is 13.8 Å². The van der Waals surface area contributed by atoms with Gasteiger partial charge in [-0.05, 0) is 18.6 Å². The van der Waals surface area contributed by atoms with Crippen LogP contribution < -0.4 is 0 Å². The Kier molecular flexibility index (Phi) is 3.54. The van der Waals surface area contributed by atoms with Gasteiger partial charge in [0.15, 0.2) is 0 Å². The maximum Gasteiger partial charge on any atom is 0.270 e. The number of rotatable bonds is 2. The number of benzene rings is 1. The van der Waals surface area contributed by atoms with Crippen LogP contribution in [0.1, 0.15) is 23.8 Å². The highest BCUT2D eigenvalue weighted by Crippen LogP contribution is 2.46. The molecule has 0 radical (unpaired) electrons. The second-order valence-electron chi connectivity index (χ2n) is 7.83. The van der Waals surface area contributed by atoms with Gasteiger partial charge in [0.05, 0.1) is 12.6 Å². The van der Waals surface area contributed by atoms with Crippen molar-refractivity contribution in [2.45, 2.75) is 30.3 Å². The molecule has 8 heteroatoms. The minimum atomic E-state index is -3.36. The smallest absolute Gasteiger partial charge is 0.270 e. The molecule has 0 saturated carbocycles. The third kappa shape index (κ3) is 2.26. The van der Waals surface area contributed by atoms with Gasteiger partial charge in [0.1, 0.15) is 16.5 Å². The first kappa shape index (κ1) is 17.2. The fourth-order valence-electron chi connectivity index (χ4n) is 5.05. The normalized spacial score (nSPS) is 32.1. The van der Waals surface area contributed by atoms with Crippen LogP contribution in [0.25, 0.3) is 10.9 Å². The molecule has 0 N–H and O–H groups in total. The number of likely N-dealkylation sites (N-methyl/N-ethyl adjacent to an activating group) is 1. The van der Waals surface area contributed by atoms with Crippen LogP contribution in [0.3, 0.4) is 0 Å². The largest absolute Gasteiger partial charge is 0.365 e. The molecule has 1 spiro atoms. The monoisotopic (exact) mass is 389 g/mol. The van der Waals surface area contributed by atoms with E-state index in [-0.39, 0.29) is 12.0 Å². The molecule has 0 aliphatic carbocycles. The Hall–Kier alpha value is -1.90. The number of morpholine rings is 1. The number of nitrogens with zero attached hydrogens (tertiary/aromatic N) is 3. The van der Waals surface area contributed by atoms with E-state index in [1.54, 1.807) is 4.90 Å². The lowest BCUT2D eigenvalue weighted by Crippen LogP contribution is -2.56. The van der Waals surface area contributed by atoms with Gasteiger partial charge in [-0.2, -0.15) is 4.31 Å². The lowest BCUT2D eigenvalue weighted by atomic mass is 9.99. The van der Waals surface area contributed by atoms with Crippen LogP contribution in [0.2, 0.25) is 0 Å². The molecule has 3 saturated heterocycles. The fraction of sp³-hybridized carbons (Fsp3) is 0.526. The number of amides is 1. The topological polar surface area (TPSA) is 71.8 Å². The van der Waals surface area contributed by atoms with Gasteiger partial charge in [-0.15, -0.1) is 0 Å². The van der Waals surface area contributed by atoms with E-state index in [0.717, 1.165) is 10.9 Å². The molecule has 27 heavy (non-hydrogen) atoms. The number of aromatic nitrogens is 1. The molecule has 1 aromatic heterocycles. The van der Waals surface area contributed by atoms with Crippen molar-refractivity contribution in [2.75, 3.05) is 26.2 Å². The average Bonchev–Trinajstić information content (AvgIpc) is 3.19. The van der Waals surface area contributed by atoms with E-state index in [9.17, 15) is 13.2 Å². The average molecular weight is 389 g/mol. The summed E-state index contributed by atoms with van der Waals surface area (Å²) in [6.45, 7) is 3.39. The Labute approximate surface area is 158 Å². The third-order valence-electron chi connectivity index (χ3n) is 6.32.